The third-order valence-corrected chi connectivity index (χ3v) is 2.47. The molecule has 0 saturated carbocycles. The number of amides is 3. The number of anilines is 1. The maximum absolute atomic E-state index is 11.4. The Morgan fingerprint density at radius 1 is 1.33 bits per heavy atom. The number of carbonyl (C=O) groups excluding carboxylic acids is 2. The monoisotopic (exact) mass is 269 g/mol. The maximum Gasteiger partial charge on any atom is 0.321 e. The van der Waals surface area contributed by atoms with Crippen LogP contribution in [-0.4, -0.2) is 25.0 Å². The van der Waals surface area contributed by atoms with Crippen LogP contribution >= 0.6 is 11.6 Å². The summed E-state index contributed by atoms with van der Waals surface area (Å²) in [7, 11) is 0. The highest BCUT2D eigenvalue weighted by Gasteiger charge is 2.07. The number of urea groups is 1. The Morgan fingerprint density at radius 3 is 2.67 bits per heavy atom. The smallest absolute Gasteiger partial charge is 0.321 e. The van der Waals surface area contributed by atoms with Gasteiger partial charge in [0, 0.05) is 6.54 Å². The Hall–Kier alpha value is -1.75. The van der Waals surface area contributed by atoms with E-state index in [4.69, 9.17) is 11.6 Å². The van der Waals surface area contributed by atoms with Gasteiger partial charge in [0.25, 0.3) is 0 Å². The van der Waals surface area contributed by atoms with Gasteiger partial charge in [-0.1, -0.05) is 17.7 Å². The molecule has 5 nitrogen and oxygen atoms in total. The van der Waals surface area contributed by atoms with E-state index in [0.29, 0.717) is 17.3 Å². The highest BCUT2D eigenvalue weighted by atomic mass is 35.5. The molecular formula is C12H16ClN3O2. The van der Waals surface area contributed by atoms with Crippen LogP contribution in [0.15, 0.2) is 18.2 Å². The van der Waals surface area contributed by atoms with Crippen molar-refractivity contribution in [3.63, 3.8) is 0 Å². The molecule has 0 atom stereocenters. The van der Waals surface area contributed by atoms with Crippen LogP contribution in [0, 0.1) is 6.92 Å². The third kappa shape index (κ3) is 4.63. The first kappa shape index (κ1) is 14.3. The zero-order chi connectivity index (χ0) is 13.5. The van der Waals surface area contributed by atoms with Gasteiger partial charge in [-0.25, -0.2) is 4.79 Å². The van der Waals surface area contributed by atoms with Gasteiger partial charge in [0.15, 0.2) is 0 Å². The fourth-order valence-electron chi connectivity index (χ4n) is 1.31. The number of imide groups is 1. The molecular weight excluding hydrogens is 254 g/mol. The van der Waals surface area contributed by atoms with Crippen molar-refractivity contribution >= 4 is 29.2 Å². The number of aryl methyl sites for hydroxylation is 1. The van der Waals surface area contributed by atoms with E-state index >= 15 is 0 Å². The fourth-order valence-corrected chi connectivity index (χ4v) is 1.62. The van der Waals surface area contributed by atoms with Gasteiger partial charge in [0.2, 0.25) is 5.91 Å². The van der Waals surface area contributed by atoms with Crippen molar-refractivity contribution in [1.82, 2.24) is 10.6 Å². The molecule has 1 rings (SSSR count). The zero-order valence-electron chi connectivity index (χ0n) is 10.3. The Morgan fingerprint density at radius 2 is 2.06 bits per heavy atom. The summed E-state index contributed by atoms with van der Waals surface area (Å²) in [6.07, 6.45) is 0. The largest absolute Gasteiger partial charge is 0.375 e. The molecule has 0 spiro atoms. The summed E-state index contributed by atoms with van der Waals surface area (Å²) in [5, 5.41) is 8.06. The quantitative estimate of drug-likeness (QED) is 0.782. The molecule has 0 aliphatic rings. The second-order valence-electron chi connectivity index (χ2n) is 3.74. The lowest BCUT2D eigenvalue weighted by atomic mass is 10.2. The summed E-state index contributed by atoms with van der Waals surface area (Å²) in [6.45, 7) is 4.15. The van der Waals surface area contributed by atoms with E-state index in [1.165, 1.54) is 0 Å². The number of nitrogens with one attached hydrogen (secondary N) is 3. The highest BCUT2D eigenvalue weighted by Crippen LogP contribution is 2.22. The van der Waals surface area contributed by atoms with Crippen molar-refractivity contribution in [1.29, 1.82) is 0 Å². The predicted molar refractivity (Wildman–Crippen MR) is 71.9 cm³/mol. The molecule has 0 fully saturated rings. The van der Waals surface area contributed by atoms with Gasteiger partial charge in [-0.05, 0) is 31.5 Å². The second-order valence-corrected chi connectivity index (χ2v) is 4.15. The number of hydrogen-bond acceptors (Lipinski definition) is 3. The van der Waals surface area contributed by atoms with Crippen LogP contribution in [0.2, 0.25) is 5.02 Å². The van der Waals surface area contributed by atoms with Crippen LogP contribution < -0.4 is 16.0 Å². The van der Waals surface area contributed by atoms with E-state index in [9.17, 15) is 9.59 Å². The number of carbonyl (C=O) groups is 2. The molecule has 0 bridgehead atoms. The Labute approximate surface area is 111 Å². The lowest BCUT2D eigenvalue weighted by molar-refractivity contribution is -0.118. The summed E-state index contributed by atoms with van der Waals surface area (Å²) in [5.74, 6) is -0.419. The summed E-state index contributed by atoms with van der Waals surface area (Å²) >= 11 is 5.99. The second kappa shape index (κ2) is 6.86. The Kier molecular flexibility index (Phi) is 5.45. The summed E-state index contributed by atoms with van der Waals surface area (Å²) in [4.78, 5) is 22.5. The molecule has 18 heavy (non-hydrogen) atoms. The molecule has 0 aliphatic heterocycles. The summed E-state index contributed by atoms with van der Waals surface area (Å²) in [5.41, 5.74) is 1.70. The predicted octanol–water partition coefficient (Wildman–Crippen LogP) is 1.91. The molecule has 0 radical (unpaired) electrons. The average molecular weight is 270 g/mol. The highest BCUT2D eigenvalue weighted by molar-refractivity contribution is 6.33. The minimum absolute atomic E-state index is 0.0140. The number of halogens is 1. The van der Waals surface area contributed by atoms with E-state index in [1.807, 2.05) is 13.0 Å². The molecule has 1 aromatic rings. The van der Waals surface area contributed by atoms with Crippen molar-refractivity contribution in [2.24, 2.45) is 0 Å². The first-order chi connectivity index (χ1) is 8.52. The van der Waals surface area contributed by atoms with Crippen LogP contribution in [0.4, 0.5) is 10.5 Å². The van der Waals surface area contributed by atoms with Crippen LogP contribution in [0.25, 0.3) is 0 Å². The molecule has 0 saturated heterocycles. The van der Waals surface area contributed by atoms with Gasteiger partial charge < -0.3 is 10.6 Å². The fraction of sp³-hybridized carbons (Fsp3) is 0.333. The van der Waals surface area contributed by atoms with Crippen molar-refractivity contribution in [2.45, 2.75) is 13.8 Å². The zero-order valence-corrected chi connectivity index (χ0v) is 11.1. The molecule has 6 heteroatoms. The van der Waals surface area contributed by atoms with Gasteiger partial charge in [0.1, 0.15) is 0 Å². The third-order valence-electron chi connectivity index (χ3n) is 2.15. The normalized spacial score (nSPS) is 9.72. The molecule has 1 aromatic carbocycles. The van der Waals surface area contributed by atoms with Crippen molar-refractivity contribution in [3.05, 3.63) is 28.8 Å². The molecule has 3 amide bonds. The van der Waals surface area contributed by atoms with Crippen LogP contribution in [0.5, 0.6) is 0 Å². The van der Waals surface area contributed by atoms with Gasteiger partial charge in [-0.2, -0.15) is 0 Å². The lowest BCUT2D eigenvalue weighted by Gasteiger charge is -2.09. The van der Waals surface area contributed by atoms with E-state index in [-0.39, 0.29) is 6.54 Å². The van der Waals surface area contributed by atoms with Crippen molar-refractivity contribution < 1.29 is 9.59 Å². The SMILES string of the molecule is CCNC(=O)NC(=O)CNc1ccc(C)cc1Cl. The van der Waals surface area contributed by atoms with Crippen molar-refractivity contribution in [2.75, 3.05) is 18.4 Å². The van der Waals surface area contributed by atoms with Gasteiger partial charge >= 0.3 is 6.03 Å². The van der Waals surface area contributed by atoms with Gasteiger partial charge in [-0.15, -0.1) is 0 Å². The number of benzene rings is 1. The number of hydrogen-bond donors (Lipinski definition) is 3. The molecule has 0 aromatic heterocycles. The summed E-state index contributed by atoms with van der Waals surface area (Å²) in [6, 6.07) is 4.97. The van der Waals surface area contributed by atoms with Crippen LogP contribution in [-0.2, 0) is 4.79 Å². The van der Waals surface area contributed by atoms with Crippen LogP contribution in [0.1, 0.15) is 12.5 Å². The molecule has 0 aliphatic carbocycles. The molecule has 0 heterocycles. The Bertz CT molecular complexity index is 449. The van der Waals surface area contributed by atoms with Crippen molar-refractivity contribution in [3.8, 4) is 0 Å². The van der Waals surface area contributed by atoms with E-state index in [1.54, 1.807) is 19.1 Å². The molecule has 98 valence electrons. The standard InChI is InChI=1S/C12H16ClN3O2/c1-3-14-12(18)16-11(17)7-15-10-5-4-8(2)6-9(10)13/h4-6,15H,3,7H2,1-2H3,(H2,14,16,17,18). The first-order valence-corrected chi connectivity index (χ1v) is 5.98. The first-order valence-electron chi connectivity index (χ1n) is 5.60. The van der Waals surface area contributed by atoms with E-state index in [2.05, 4.69) is 16.0 Å². The minimum atomic E-state index is -0.501. The Balaban J connectivity index is 2.45. The van der Waals surface area contributed by atoms with E-state index in [0.717, 1.165) is 5.56 Å². The molecule has 0 unspecified atom stereocenters. The number of rotatable bonds is 4. The van der Waals surface area contributed by atoms with Crippen LogP contribution in [0.3, 0.4) is 0 Å². The maximum atomic E-state index is 11.4. The van der Waals surface area contributed by atoms with E-state index < -0.39 is 11.9 Å². The van der Waals surface area contributed by atoms with Gasteiger partial charge in [0.05, 0.1) is 17.3 Å². The van der Waals surface area contributed by atoms with Gasteiger partial charge in [-0.3, -0.25) is 10.1 Å². The summed E-state index contributed by atoms with van der Waals surface area (Å²) < 4.78 is 0. The lowest BCUT2D eigenvalue weighted by Crippen LogP contribution is -2.41. The topological polar surface area (TPSA) is 70.2 Å². The average Bonchev–Trinajstić information content (AvgIpc) is 2.28. The molecule has 3 N–H and O–H groups in total. The minimum Gasteiger partial charge on any atom is -0.375 e.